The normalized spacial score (nSPS) is 11.9. The Morgan fingerprint density at radius 3 is 2.53 bits per heavy atom. The van der Waals surface area contributed by atoms with Gasteiger partial charge in [-0.15, -0.1) is 0 Å². The van der Waals surface area contributed by atoms with E-state index in [9.17, 15) is 8.42 Å². The van der Waals surface area contributed by atoms with Gasteiger partial charge in [0.15, 0.2) is 0 Å². The van der Waals surface area contributed by atoms with Crippen molar-refractivity contribution in [3.63, 3.8) is 0 Å². The van der Waals surface area contributed by atoms with Gasteiger partial charge in [0.1, 0.15) is 4.90 Å². The van der Waals surface area contributed by atoms with Gasteiger partial charge in [-0.05, 0) is 12.3 Å². The number of hydrogen-bond donors (Lipinski definition) is 2. The van der Waals surface area contributed by atoms with Gasteiger partial charge >= 0.3 is 0 Å². The van der Waals surface area contributed by atoms with Crippen LogP contribution in [0.4, 0.5) is 5.95 Å². The standard InChI is InChI=1S/C11H20N4O3S/c1-9(2)3-5-18-6-4-15-19(16,17)10-7-13-11(12)14-8-10/h7-9,15H,3-6H2,1-2H3,(H2,12,13,14). The van der Waals surface area contributed by atoms with Crippen LogP contribution in [-0.4, -0.2) is 38.1 Å². The minimum absolute atomic E-state index is 0.0103. The average Bonchev–Trinajstić information content (AvgIpc) is 2.34. The number of hydrogen-bond acceptors (Lipinski definition) is 6. The summed E-state index contributed by atoms with van der Waals surface area (Å²) < 4.78 is 31.3. The lowest BCUT2D eigenvalue weighted by Crippen LogP contribution is -2.28. The Bertz CT molecular complexity index is 473. The molecule has 1 aromatic heterocycles. The van der Waals surface area contributed by atoms with Crippen LogP contribution >= 0.6 is 0 Å². The number of nitrogens with two attached hydrogens (primary N) is 1. The van der Waals surface area contributed by atoms with Crippen LogP contribution in [0.15, 0.2) is 17.3 Å². The van der Waals surface area contributed by atoms with E-state index >= 15 is 0 Å². The Kier molecular flexibility index (Phi) is 6.13. The van der Waals surface area contributed by atoms with Gasteiger partial charge in [0, 0.05) is 13.2 Å². The Labute approximate surface area is 113 Å². The summed E-state index contributed by atoms with van der Waals surface area (Å²) in [6, 6.07) is 0. The molecule has 0 atom stereocenters. The van der Waals surface area contributed by atoms with E-state index in [4.69, 9.17) is 10.5 Å². The van der Waals surface area contributed by atoms with E-state index in [1.807, 2.05) is 0 Å². The Balaban J connectivity index is 2.33. The number of ether oxygens (including phenoxy) is 1. The molecule has 0 saturated carbocycles. The highest BCUT2D eigenvalue weighted by Gasteiger charge is 2.14. The minimum atomic E-state index is -3.59. The molecule has 0 spiro atoms. The van der Waals surface area contributed by atoms with Crippen LogP contribution in [0.2, 0.25) is 0 Å². The van der Waals surface area contributed by atoms with Crippen LogP contribution in [0.25, 0.3) is 0 Å². The third kappa shape index (κ3) is 5.95. The fraction of sp³-hybridized carbons (Fsp3) is 0.636. The zero-order valence-electron chi connectivity index (χ0n) is 11.2. The van der Waals surface area contributed by atoms with E-state index in [1.54, 1.807) is 0 Å². The summed E-state index contributed by atoms with van der Waals surface area (Å²) in [6.45, 7) is 5.39. The topological polar surface area (TPSA) is 107 Å². The molecule has 1 aromatic rings. The van der Waals surface area contributed by atoms with Crippen molar-refractivity contribution in [1.29, 1.82) is 0 Å². The number of sulfonamides is 1. The van der Waals surface area contributed by atoms with Crippen molar-refractivity contribution in [2.24, 2.45) is 5.92 Å². The second kappa shape index (κ2) is 7.37. The first-order chi connectivity index (χ1) is 8.92. The molecule has 0 aliphatic rings. The smallest absolute Gasteiger partial charge is 0.243 e. The third-order valence-electron chi connectivity index (χ3n) is 2.34. The fourth-order valence-corrected chi connectivity index (χ4v) is 2.12. The molecule has 108 valence electrons. The molecular formula is C11H20N4O3S. The third-order valence-corrected chi connectivity index (χ3v) is 3.75. The molecule has 0 aromatic carbocycles. The van der Waals surface area contributed by atoms with Crippen LogP contribution in [0.5, 0.6) is 0 Å². The first kappa shape index (κ1) is 15.8. The predicted octanol–water partition coefficient (Wildman–Crippen LogP) is 0.400. The molecule has 19 heavy (non-hydrogen) atoms. The zero-order valence-corrected chi connectivity index (χ0v) is 12.0. The highest BCUT2D eigenvalue weighted by Crippen LogP contribution is 2.05. The molecule has 0 fully saturated rings. The van der Waals surface area contributed by atoms with Crippen LogP contribution < -0.4 is 10.5 Å². The lowest BCUT2D eigenvalue weighted by atomic mass is 10.1. The molecular weight excluding hydrogens is 268 g/mol. The van der Waals surface area contributed by atoms with Crippen molar-refractivity contribution < 1.29 is 13.2 Å². The van der Waals surface area contributed by atoms with E-state index in [1.165, 1.54) is 12.4 Å². The van der Waals surface area contributed by atoms with E-state index in [-0.39, 0.29) is 17.4 Å². The minimum Gasteiger partial charge on any atom is -0.380 e. The molecule has 0 bridgehead atoms. The number of rotatable bonds is 8. The van der Waals surface area contributed by atoms with Gasteiger partial charge in [0.25, 0.3) is 0 Å². The lowest BCUT2D eigenvalue weighted by Gasteiger charge is -2.08. The summed E-state index contributed by atoms with van der Waals surface area (Å²) in [6.07, 6.45) is 3.30. The molecule has 1 rings (SSSR count). The summed E-state index contributed by atoms with van der Waals surface area (Å²) in [7, 11) is -3.59. The molecule has 0 amide bonds. The predicted molar refractivity (Wildman–Crippen MR) is 71.9 cm³/mol. The summed E-state index contributed by atoms with van der Waals surface area (Å²) in [5.74, 6) is 0.611. The van der Waals surface area contributed by atoms with Crippen LogP contribution in [0, 0.1) is 5.92 Å². The summed E-state index contributed by atoms with van der Waals surface area (Å²) >= 11 is 0. The van der Waals surface area contributed by atoms with Gasteiger partial charge in [-0.3, -0.25) is 0 Å². The van der Waals surface area contributed by atoms with Crippen molar-refractivity contribution in [3.05, 3.63) is 12.4 Å². The summed E-state index contributed by atoms with van der Waals surface area (Å²) in [4.78, 5) is 7.27. The summed E-state index contributed by atoms with van der Waals surface area (Å²) in [5, 5.41) is 0. The average molecular weight is 288 g/mol. The van der Waals surface area contributed by atoms with Gasteiger partial charge in [-0.1, -0.05) is 13.8 Å². The molecule has 0 aliphatic carbocycles. The first-order valence-corrected chi connectivity index (χ1v) is 7.55. The largest absolute Gasteiger partial charge is 0.380 e. The maximum Gasteiger partial charge on any atom is 0.243 e. The summed E-state index contributed by atoms with van der Waals surface area (Å²) in [5.41, 5.74) is 5.29. The fourth-order valence-electron chi connectivity index (χ4n) is 1.22. The number of aromatic nitrogens is 2. The van der Waals surface area contributed by atoms with Crippen molar-refractivity contribution in [2.45, 2.75) is 25.2 Å². The van der Waals surface area contributed by atoms with E-state index in [0.29, 0.717) is 19.1 Å². The van der Waals surface area contributed by atoms with Gasteiger partial charge in [0.05, 0.1) is 19.0 Å². The van der Waals surface area contributed by atoms with Gasteiger partial charge in [0.2, 0.25) is 16.0 Å². The lowest BCUT2D eigenvalue weighted by molar-refractivity contribution is 0.128. The van der Waals surface area contributed by atoms with E-state index in [0.717, 1.165) is 6.42 Å². The molecule has 7 nitrogen and oxygen atoms in total. The maximum absolute atomic E-state index is 11.8. The maximum atomic E-state index is 11.8. The van der Waals surface area contributed by atoms with Gasteiger partial charge in [-0.2, -0.15) is 0 Å². The highest BCUT2D eigenvalue weighted by molar-refractivity contribution is 7.89. The molecule has 3 N–H and O–H groups in total. The van der Waals surface area contributed by atoms with Gasteiger partial charge < -0.3 is 10.5 Å². The van der Waals surface area contributed by atoms with Gasteiger partial charge in [-0.25, -0.2) is 23.1 Å². The van der Waals surface area contributed by atoms with Crippen molar-refractivity contribution in [1.82, 2.24) is 14.7 Å². The van der Waals surface area contributed by atoms with Crippen LogP contribution in [0.1, 0.15) is 20.3 Å². The molecule has 0 radical (unpaired) electrons. The monoisotopic (exact) mass is 288 g/mol. The highest BCUT2D eigenvalue weighted by atomic mass is 32.2. The second-order valence-corrected chi connectivity index (χ2v) is 6.24. The quantitative estimate of drug-likeness (QED) is 0.670. The molecule has 0 saturated heterocycles. The Morgan fingerprint density at radius 1 is 1.32 bits per heavy atom. The molecule has 1 heterocycles. The van der Waals surface area contributed by atoms with Crippen LogP contribution in [0.3, 0.4) is 0 Å². The molecule has 8 heteroatoms. The van der Waals surface area contributed by atoms with Crippen molar-refractivity contribution >= 4 is 16.0 Å². The zero-order chi connectivity index (χ0) is 14.3. The van der Waals surface area contributed by atoms with Crippen LogP contribution in [-0.2, 0) is 14.8 Å². The Hall–Kier alpha value is -1.25. The number of nitrogens with one attached hydrogen (secondary N) is 1. The van der Waals surface area contributed by atoms with Crippen molar-refractivity contribution in [3.8, 4) is 0 Å². The van der Waals surface area contributed by atoms with E-state index < -0.39 is 10.0 Å². The molecule has 0 unspecified atom stereocenters. The van der Waals surface area contributed by atoms with E-state index in [2.05, 4.69) is 28.5 Å². The first-order valence-electron chi connectivity index (χ1n) is 6.07. The number of anilines is 1. The number of nitrogen functional groups attached to an aromatic ring is 1. The SMILES string of the molecule is CC(C)CCOCCNS(=O)(=O)c1cnc(N)nc1. The second-order valence-electron chi connectivity index (χ2n) is 4.47. The Morgan fingerprint density at radius 2 is 1.95 bits per heavy atom. The molecule has 0 aliphatic heterocycles. The van der Waals surface area contributed by atoms with Crippen molar-refractivity contribution in [2.75, 3.05) is 25.5 Å². The number of nitrogens with zero attached hydrogens (tertiary/aromatic N) is 2.